The minimum atomic E-state index is -0.0165. The molecule has 1 atom stereocenters. The van der Waals surface area contributed by atoms with Gasteiger partial charge in [-0.15, -0.1) is 23.7 Å². The Morgan fingerprint density at radius 2 is 2.27 bits per heavy atom. The van der Waals surface area contributed by atoms with Crippen LogP contribution in [0, 0.1) is 0 Å². The summed E-state index contributed by atoms with van der Waals surface area (Å²) in [6, 6.07) is 8.05. The van der Waals surface area contributed by atoms with Gasteiger partial charge in [-0.3, -0.25) is 4.79 Å². The molecular weight excluding hydrogens is 390 g/mol. The van der Waals surface area contributed by atoms with Gasteiger partial charge in [-0.2, -0.15) is 0 Å². The summed E-state index contributed by atoms with van der Waals surface area (Å²) in [7, 11) is 1.97. The number of thiazole rings is 1. The third kappa shape index (κ3) is 3.88. The standard InChI is InChI=1S/C17H19N5OS2.ClH/c1-21-8-7-19-16(21)13-10-18-6-9-22(13)15(23)11-24-17-20-12-4-2-3-5-14(12)25-17;/h2-5,7-8,13,18H,6,9-11H2,1H3;1H. The van der Waals surface area contributed by atoms with Gasteiger partial charge in [0.2, 0.25) is 5.91 Å². The van der Waals surface area contributed by atoms with E-state index in [1.54, 1.807) is 17.5 Å². The molecular formula is C17H20ClN5OS2. The van der Waals surface area contributed by atoms with Crippen molar-refractivity contribution in [2.24, 2.45) is 7.05 Å². The van der Waals surface area contributed by atoms with Crippen LogP contribution in [0.25, 0.3) is 10.2 Å². The molecule has 1 N–H and O–H groups in total. The lowest BCUT2D eigenvalue weighted by Gasteiger charge is -2.35. The van der Waals surface area contributed by atoms with Crippen LogP contribution in [0.5, 0.6) is 0 Å². The van der Waals surface area contributed by atoms with Crippen molar-refractivity contribution in [1.29, 1.82) is 0 Å². The first-order valence-corrected chi connectivity index (χ1v) is 9.98. The van der Waals surface area contributed by atoms with Gasteiger partial charge in [-0.25, -0.2) is 9.97 Å². The lowest BCUT2D eigenvalue weighted by molar-refractivity contribution is -0.131. The maximum absolute atomic E-state index is 12.8. The Morgan fingerprint density at radius 3 is 3.04 bits per heavy atom. The molecule has 2 aromatic heterocycles. The molecule has 1 unspecified atom stereocenters. The Kier molecular flexibility index (Phi) is 6.18. The zero-order valence-electron chi connectivity index (χ0n) is 14.3. The number of fused-ring (bicyclic) bond motifs is 1. The Hall–Kier alpha value is -1.61. The number of carbonyl (C=O) groups is 1. The molecule has 138 valence electrons. The van der Waals surface area contributed by atoms with Gasteiger partial charge in [0.05, 0.1) is 16.0 Å². The van der Waals surface area contributed by atoms with E-state index in [9.17, 15) is 4.79 Å². The molecule has 1 fully saturated rings. The molecule has 1 aromatic carbocycles. The van der Waals surface area contributed by atoms with E-state index in [0.717, 1.165) is 33.5 Å². The van der Waals surface area contributed by atoms with Crippen LogP contribution in [0.4, 0.5) is 0 Å². The number of imidazole rings is 1. The van der Waals surface area contributed by atoms with E-state index in [1.165, 1.54) is 11.8 Å². The largest absolute Gasteiger partial charge is 0.336 e. The Bertz CT molecular complexity index is 863. The maximum Gasteiger partial charge on any atom is 0.233 e. The smallest absolute Gasteiger partial charge is 0.233 e. The molecule has 9 heteroatoms. The second-order valence-electron chi connectivity index (χ2n) is 5.94. The van der Waals surface area contributed by atoms with Crippen molar-refractivity contribution in [3.63, 3.8) is 0 Å². The second-order valence-corrected chi connectivity index (χ2v) is 8.19. The zero-order chi connectivity index (χ0) is 17.2. The fourth-order valence-electron chi connectivity index (χ4n) is 3.05. The van der Waals surface area contributed by atoms with Crippen LogP contribution in [0.3, 0.4) is 0 Å². The highest BCUT2D eigenvalue weighted by Crippen LogP contribution is 2.30. The van der Waals surface area contributed by atoms with Crippen molar-refractivity contribution < 1.29 is 4.79 Å². The predicted octanol–water partition coefficient (Wildman–Crippen LogP) is 2.72. The van der Waals surface area contributed by atoms with Crippen molar-refractivity contribution in [3.05, 3.63) is 42.5 Å². The highest BCUT2D eigenvalue weighted by molar-refractivity contribution is 8.01. The number of hydrogen-bond donors (Lipinski definition) is 1. The van der Waals surface area contributed by atoms with Crippen molar-refractivity contribution in [2.75, 3.05) is 25.4 Å². The van der Waals surface area contributed by atoms with E-state index < -0.39 is 0 Å². The zero-order valence-corrected chi connectivity index (χ0v) is 16.7. The number of nitrogens with one attached hydrogen (secondary N) is 1. The number of carbonyl (C=O) groups excluding carboxylic acids is 1. The Morgan fingerprint density at radius 1 is 1.42 bits per heavy atom. The molecule has 0 bridgehead atoms. The summed E-state index contributed by atoms with van der Waals surface area (Å²) < 4.78 is 4.09. The van der Waals surface area contributed by atoms with E-state index in [4.69, 9.17) is 0 Å². The monoisotopic (exact) mass is 409 g/mol. The van der Waals surface area contributed by atoms with E-state index in [1.807, 2.05) is 40.9 Å². The van der Waals surface area contributed by atoms with Crippen LogP contribution >= 0.6 is 35.5 Å². The Labute approximate surface area is 166 Å². The number of piperazine rings is 1. The number of hydrogen-bond acceptors (Lipinski definition) is 6. The average molecular weight is 410 g/mol. The molecule has 3 aromatic rings. The number of aryl methyl sites for hydroxylation is 1. The van der Waals surface area contributed by atoms with Gasteiger partial charge >= 0.3 is 0 Å². The number of halogens is 1. The van der Waals surface area contributed by atoms with Gasteiger partial charge in [0.25, 0.3) is 0 Å². The van der Waals surface area contributed by atoms with Crippen LogP contribution in [0.1, 0.15) is 11.9 Å². The number of benzene rings is 1. The molecule has 0 spiro atoms. The van der Waals surface area contributed by atoms with Gasteiger partial charge in [-0.1, -0.05) is 23.9 Å². The van der Waals surface area contributed by atoms with Crippen molar-refractivity contribution in [1.82, 2.24) is 24.8 Å². The summed E-state index contributed by atoms with van der Waals surface area (Å²) in [6.45, 7) is 2.26. The first-order valence-electron chi connectivity index (χ1n) is 8.18. The lowest BCUT2D eigenvalue weighted by Crippen LogP contribution is -2.50. The second kappa shape index (κ2) is 8.39. The molecule has 4 rings (SSSR count). The predicted molar refractivity (Wildman–Crippen MR) is 108 cm³/mol. The summed E-state index contributed by atoms with van der Waals surface area (Å²) in [5.41, 5.74) is 0.996. The number of nitrogens with zero attached hydrogens (tertiary/aromatic N) is 4. The number of rotatable bonds is 4. The number of aromatic nitrogens is 3. The third-order valence-corrected chi connectivity index (χ3v) is 6.48. The fraction of sp³-hybridized carbons (Fsp3) is 0.353. The molecule has 6 nitrogen and oxygen atoms in total. The average Bonchev–Trinajstić information content (AvgIpc) is 3.25. The summed E-state index contributed by atoms with van der Waals surface area (Å²) in [5, 5.41) is 3.36. The third-order valence-electron chi connectivity index (χ3n) is 4.31. The SMILES string of the molecule is Cl.Cn1ccnc1C1CNCCN1C(=O)CSc1nc2ccccc2s1. The number of thioether (sulfide) groups is 1. The van der Waals surface area contributed by atoms with Crippen LogP contribution in [0.15, 0.2) is 41.0 Å². The minimum Gasteiger partial charge on any atom is -0.336 e. The Balaban J connectivity index is 0.00000196. The van der Waals surface area contributed by atoms with Gasteiger partial charge in [0, 0.05) is 39.1 Å². The highest BCUT2D eigenvalue weighted by atomic mass is 35.5. The molecule has 0 aliphatic carbocycles. The van der Waals surface area contributed by atoms with E-state index in [0.29, 0.717) is 12.3 Å². The van der Waals surface area contributed by atoms with Crippen molar-refractivity contribution >= 4 is 51.6 Å². The van der Waals surface area contributed by atoms with E-state index >= 15 is 0 Å². The summed E-state index contributed by atoms with van der Waals surface area (Å²) in [4.78, 5) is 23.8. The normalized spacial score (nSPS) is 17.3. The van der Waals surface area contributed by atoms with Crippen molar-refractivity contribution in [2.45, 2.75) is 10.4 Å². The summed E-state index contributed by atoms with van der Waals surface area (Å²) in [5.74, 6) is 1.46. The number of para-hydroxylation sites is 1. The molecule has 1 saturated heterocycles. The van der Waals surface area contributed by atoms with Gasteiger partial charge < -0.3 is 14.8 Å². The first-order chi connectivity index (χ1) is 12.2. The van der Waals surface area contributed by atoms with Crippen LogP contribution in [-0.4, -0.2) is 50.7 Å². The van der Waals surface area contributed by atoms with Crippen LogP contribution < -0.4 is 5.32 Å². The maximum atomic E-state index is 12.8. The molecule has 0 radical (unpaired) electrons. The number of amides is 1. The van der Waals surface area contributed by atoms with Gasteiger partial charge in [0.1, 0.15) is 11.9 Å². The molecule has 3 heterocycles. The molecule has 1 amide bonds. The molecule has 26 heavy (non-hydrogen) atoms. The van der Waals surface area contributed by atoms with Crippen LogP contribution in [-0.2, 0) is 11.8 Å². The van der Waals surface area contributed by atoms with Gasteiger partial charge in [-0.05, 0) is 12.1 Å². The van der Waals surface area contributed by atoms with Crippen molar-refractivity contribution in [3.8, 4) is 0 Å². The lowest BCUT2D eigenvalue weighted by atomic mass is 10.1. The van der Waals surface area contributed by atoms with Gasteiger partial charge in [0.15, 0.2) is 4.34 Å². The fourth-order valence-corrected chi connectivity index (χ4v) is 5.01. The van der Waals surface area contributed by atoms with E-state index in [2.05, 4.69) is 21.4 Å². The first kappa shape index (κ1) is 19.2. The summed E-state index contributed by atoms with van der Waals surface area (Å²) in [6.07, 6.45) is 3.70. The van der Waals surface area contributed by atoms with Crippen LogP contribution in [0.2, 0.25) is 0 Å². The molecule has 0 saturated carbocycles. The minimum absolute atomic E-state index is 0. The molecule has 1 aliphatic heterocycles. The van der Waals surface area contributed by atoms with E-state index in [-0.39, 0.29) is 24.4 Å². The quantitative estimate of drug-likeness (QED) is 0.671. The topological polar surface area (TPSA) is 63.1 Å². The highest BCUT2D eigenvalue weighted by Gasteiger charge is 2.30. The summed E-state index contributed by atoms with van der Waals surface area (Å²) >= 11 is 3.16. The molecule has 1 aliphatic rings.